The van der Waals surface area contributed by atoms with Crippen molar-refractivity contribution in [1.29, 1.82) is 0 Å². The number of nitrogens with one attached hydrogen (secondary N) is 1. The maximum atomic E-state index is 11.0. The molecule has 110 valence electrons. The Hall–Kier alpha value is -1.93. The lowest BCUT2D eigenvalue weighted by Crippen LogP contribution is -2.03. The average molecular weight is 374 g/mol. The van der Waals surface area contributed by atoms with E-state index in [1.807, 2.05) is 6.92 Å². The predicted molar refractivity (Wildman–Crippen MR) is 82.1 cm³/mol. The highest BCUT2D eigenvalue weighted by Gasteiger charge is 2.21. The fourth-order valence-electron chi connectivity index (χ4n) is 1.51. The third-order valence-corrected chi connectivity index (χ3v) is 3.23. The van der Waals surface area contributed by atoms with E-state index in [0.29, 0.717) is 17.0 Å². The fraction of sp³-hybridized carbons (Fsp3) is 0.167. The van der Waals surface area contributed by atoms with Gasteiger partial charge >= 0.3 is 5.69 Å². The zero-order valence-corrected chi connectivity index (χ0v) is 13.2. The third kappa shape index (κ3) is 3.59. The highest BCUT2D eigenvalue weighted by molar-refractivity contribution is 9.10. The molecular weight excluding hydrogens is 364 g/mol. The van der Waals surface area contributed by atoms with Crippen molar-refractivity contribution in [2.45, 2.75) is 6.92 Å². The number of para-hydroxylation sites is 1. The molecule has 1 heterocycles. The number of ether oxygens (including phenoxy) is 1. The van der Waals surface area contributed by atoms with Crippen LogP contribution in [0.2, 0.25) is 5.02 Å². The Balaban J connectivity index is 2.42. The van der Waals surface area contributed by atoms with Crippen LogP contribution >= 0.6 is 27.5 Å². The molecular formula is C12H10BrClN4O3. The third-order valence-electron chi connectivity index (χ3n) is 2.39. The molecule has 1 aromatic heterocycles. The second-order valence-electron chi connectivity index (χ2n) is 3.82. The van der Waals surface area contributed by atoms with E-state index in [1.54, 1.807) is 0 Å². The summed E-state index contributed by atoms with van der Waals surface area (Å²) in [7, 11) is 0. The highest BCUT2D eigenvalue weighted by Crippen LogP contribution is 2.39. The molecule has 2 rings (SSSR count). The lowest BCUT2D eigenvalue weighted by molar-refractivity contribution is -0.385. The molecule has 0 radical (unpaired) electrons. The van der Waals surface area contributed by atoms with Gasteiger partial charge < -0.3 is 10.1 Å². The number of rotatable bonds is 5. The smallest absolute Gasteiger partial charge is 0.313 e. The molecule has 0 aliphatic carbocycles. The Morgan fingerprint density at radius 2 is 2.29 bits per heavy atom. The summed E-state index contributed by atoms with van der Waals surface area (Å²) in [6, 6.07) is 4.29. The van der Waals surface area contributed by atoms with Gasteiger partial charge in [-0.3, -0.25) is 10.1 Å². The van der Waals surface area contributed by atoms with Gasteiger partial charge in [0.25, 0.3) is 0 Å². The molecule has 0 atom stereocenters. The van der Waals surface area contributed by atoms with Gasteiger partial charge in [-0.15, -0.1) is 0 Å². The molecule has 9 heteroatoms. The summed E-state index contributed by atoms with van der Waals surface area (Å²) in [5.41, 5.74) is -0.238. The number of benzene rings is 1. The van der Waals surface area contributed by atoms with E-state index in [2.05, 4.69) is 31.2 Å². The molecule has 21 heavy (non-hydrogen) atoms. The van der Waals surface area contributed by atoms with Crippen molar-refractivity contribution in [3.8, 4) is 11.6 Å². The molecule has 0 spiro atoms. The van der Waals surface area contributed by atoms with Crippen LogP contribution in [0.25, 0.3) is 0 Å². The van der Waals surface area contributed by atoms with Gasteiger partial charge in [0, 0.05) is 12.6 Å². The van der Waals surface area contributed by atoms with Crippen LogP contribution in [0.4, 0.5) is 11.6 Å². The summed E-state index contributed by atoms with van der Waals surface area (Å²) in [6.07, 6.45) is 1.49. The second-order valence-corrected chi connectivity index (χ2v) is 5.09. The van der Waals surface area contributed by atoms with Crippen LogP contribution < -0.4 is 10.1 Å². The summed E-state index contributed by atoms with van der Waals surface area (Å²) in [5.74, 6) is 0.425. The van der Waals surface area contributed by atoms with Gasteiger partial charge in [-0.05, 0) is 28.9 Å². The number of nitro benzene ring substituents is 1. The van der Waals surface area contributed by atoms with Gasteiger partial charge in [0.2, 0.25) is 17.6 Å². The van der Waals surface area contributed by atoms with Crippen molar-refractivity contribution < 1.29 is 9.66 Å². The predicted octanol–water partition coefficient (Wildman–Crippen LogP) is 4.02. The zero-order valence-electron chi connectivity index (χ0n) is 10.8. The topological polar surface area (TPSA) is 90.2 Å². The lowest BCUT2D eigenvalue weighted by atomic mass is 10.3. The Labute approximate surface area is 133 Å². The van der Waals surface area contributed by atoms with Crippen molar-refractivity contribution in [1.82, 2.24) is 9.97 Å². The van der Waals surface area contributed by atoms with Gasteiger partial charge in [0.15, 0.2) is 0 Å². The maximum absolute atomic E-state index is 11.0. The minimum atomic E-state index is -0.568. The van der Waals surface area contributed by atoms with Crippen molar-refractivity contribution in [2.75, 3.05) is 11.9 Å². The molecule has 0 aliphatic heterocycles. The number of anilines is 1. The molecule has 1 N–H and O–H groups in total. The summed E-state index contributed by atoms with van der Waals surface area (Å²) in [6.45, 7) is 2.53. The van der Waals surface area contributed by atoms with E-state index in [4.69, 9.17) is 16.3 Å². The normalized spacial score (nSPS) is 10.2. The minimum Gasteiger partial charge on any atom is -0.429 e. The molecule has 7 nitrogen and oxygen atoms in total. The molecule has 0 unspecified atom stereocenters. The van der Waals surface area contributed by atoms with Gasteiger partial charge in [-0.1, -0.05) is 17.7 Å². The number of nitro groups is 1. The van der Waals surface area contributed by atoms with E-state index >= 15 is 0 Å². The van der Waals surface area contributed by atoms with E-state index in [1.165, 1.54) is 24.4 Å². The second kappa shape index (κ2) is 6.68. The van der Waals surface area contributed by atoms with Crippen LogP contribution in [0.5, 0.6) is 11.6 Å². The summed E-state index contributed by atoms with van der Waals surface area (Å²) < 4.78 is 5.96. The van der Waals surface area contributed by atoms with Crippen molar-refractivity contribution >= 4 is 39.2 Å². The van der Waals surface area contributed by atoms with Crippen LogP contribution in [0.1, 0.15) is 6.92 Å². The number of nitrogens with zero attached hydrogens (tertiary/aromatic N) is 3. The number of hydrogen-bond acceptors (Lipinski definition) is 6. The minimum absolute atomic E-state index is 0.0639. The van der Waals surface area contributed by atoms with Crippen LogP contribution in [0.3, 0.4) is 0 Å². The molecule has 1 aromatic carbocycles. The summed E-state index contributed by atoms with van der Waals surface area (Å²) in [4.78, 5) is 18.6. The first-order chi connectivity index (χ1) is 10.0. The number of halogens is 2. The molecule has 0 fully saturated rings. The SMILES string of the molecule is CCNc1ncc(Br)c(Oc2c(Cl)cccc2[N+](=O)[O-])n1. The van der Waals surface area contributed by atoms with E-state index in [0.717, 1.165) is 0 Å². The van der Waals surface area contributed by atoms with Crippen LogP contribution in [-0.4, -0.2) is 21.4 Å². The van der Waals surface area contributed by atoms with Crippen LogP contribution in [0.15, 0.2) is 28.9 Å². The highest BCUT2D eigenvalue weighted by atomic mass is 79.9. The van der Waals surface area contributed by atoms with Crippen LogP contribution in [-0.2, 0) is 0 Å². The summed E-state index contributed by atoms with van der Waals surface area (Å²) in [5, 5.41) is 14.1. The van der Waals surface area contributed by atoms with Crippen molar-refractivity contribution in [3.63, 3.8) is 0 Å². The monoisotopic (exact) mass is 372 g/mol. The largest absolute Gasteiger partial charge is 0.429 e. The maximum Gasteiger partial charge on any atom is 0.313 e. The van der Waals surface area contributed by atoms with Crippen molar-refractivity contribution in [2.24, 2.45) is 0 Å². The van der Waals surface area contributed by atoms with E-state index < -0.39 is 4.92 Å². The Bertz CT molecular complexity index is 684. The zero-order chi connectivity index (χ0) is 15.4. The quantitative estimate of drug-likeness (QED) is 0.628. The van der Waals surface area contributed by atoms with Gasteiger partial charge in [0.1, 0.15) is 0 Å². The van der Waals surface area contributed by atoms with E-state index in [9.17, 15) is 10.1 Å². The Morgan fingerprint density at radius 3 is 2.95 bits per heavy atom. The van der Waals surface area contributed by atoms with Gasteiger partial charge in [-0.2, -0.15) is 4.98 Å². The standard InChI is InChI=1S/C12H10BrClN4O3/c1-2-15-12-16-6-7(13)11(17-12)21-10-8(14)4-3-5-9(10)18(19)20/h3-6H,2H2,1H3,(H,15,16,17). The number of aromatic nitrogens is 2. The molecule has 0 aliphatic rings. The number of hydrogen-bond donors (Lipinski definition) is 1. The fourth-order valence-corrected chi connectivity index (χ4v) is 1.99. The lowest BCUT2D eigenvalue weighted by Gasteiger charge is -2.09. The molecule has 0 saturated heterocycles. The first-order valence-electron chi connectivity index (χ1n) is 5.90. The first kappa shape index (κ1) is 15.5. The Morgan fingerprint density at radius 1 is 1.52 bits per heavy atom. The first-order valence-corrected chi connectivity index (χ1v) is 7.07. The molecule has 0 saturated carbocycles. The average Bonchev–Trinajstić information content (AvgIpc) is 2.44. The Kier molecular flexibility index (Phi) is 4.92. The molecule has 0 amide bonds. The van der Waals surface area contributed by atoms with Crippen LogP contribution in [0, 0.1) is 10.1 Å². The molecule has 2 aromatic rings. The van der Waals surface area contributed by atoms with Gasteiger partial charge in [-0.25, -0.2) is 4.98 Å². The van der Waals surface area contributed by atoms with E-state index in [-0.39, 0.29) is 22.3 Å². The van der Waals surface area contributed by atoms with Gasteiger partial charge in [0.05, 0.1) is 20.6 Å². The summed E-state index contributed by atoms with van der Waals surface area (Å²) >= 11 is 9.21. The molecule has 0 bridgehead atoms. The van der Waals surface area contributed by atoms with Crippen molar-refractivity contribution in [3.05, 3.63) is 44.0 Å².